The fourth-order valence-electron chi connectivity index (χ4n) is 1.06. The molecule has 13 heavy (non-hydrogen) atoms. The molecule has 2 heterocycles. The Hall–Kier alpha value is -1.59. The molecule has 0 saturated heterocycles. The zero-order valence-electron chi connectivity index (χ0n) is 7.63. The Kier molecular flexibility index (Phi) is 2.84. The normalized spacial score (nSPS) is 12.5. The molecule has 6 heteroatoms. The van der Waals surface area contributed by atoms with E-state index in [4.69, 9.17) is 0 Å². The van der Waals surface area contributed by atoms with Crippen molar-refractivity contribution in [1.82, 2.24) is 14.5 Å². The molecule has 0 saturated carbocycles. The zero-order chi connectivity index (χ0) is 9.84. The first-order valence-corrected chi connectivity index (χ1v) is 4.22. The molecule has 0 aromatic carbocycles. The highest BCUT2D eigenvalue weighted by Crippen LogP contribution is 2.01. The number of nitrogens with zero attached hydrogens (tertiary/aromatic N) is 2. The van der Waals surface area contributed by atoms with Crippen LogP contribution in [0, 0.1) is 0 Å². The van der Waals surface area contributed by atoms with E-state index < -0.39 is 11.4 Å². The SMILES string of the molecule is CC.O=c1nc2n(c(=O)[nH]1)CCN2. The summed E-state index contributed by atoms with van der Waals surface area (Å²) in [4.78, 5) is 27.2. The minimum Gasteiger partial charge on any atom is -0.354 e. The Morgan fingerprint density at radius 3 is 2.77 bits per heavy atom. The van der Waals surface area contributed by atoms with Gasteiger partial charge in [-0.25, -0.2) is 9.59 Å². The number of hydrogen-bond donors (Lipinski definition) is 2. The lowest BCUT2D eigenvalue weighted by atomic mass is 10.7. The van der Waals surface area contributed by atoms with E-state index in [1.165, 1.54) is 4.57 Å². The van der Waals surface area contributed by atoms with Crippen LogP contribution in [-0.2, 0) is 6.54 Å². The molecular weight excluding hydrogens is 172 g/mol. The summed E-state index contributed by atoms with van der Waals surface area (Å²) in [6.45, 7) is 5.22. The highest BCUT2D eigenvalue weighted by atomic mass is 16.2. The maximum atomic E-state index is 11.0. The van der Waals surface area contributed by atoms with Crippen LogP contribution < -0.4 is 16.7 Å². The van der Waals surface area contributed by atoms with Crippen LogP contribution in [0.1, 0.15) is 13.8 Å². The van der Waals surface area contributed by atoms with E-state index in [2.05, 4.69) is 15.3 Å². The van der Waals surface area contributed by atoms with Crippen molar-refractivity contribution in [2.75, 3.05) is 11.9 Å². The zero-order valence-corrected chi connectivity index (χ0v) is 7.63. The minimum absolute atomic E-state index is 0.360. The monoisotopic (exact) mass is 184 g/mol. The number of nitrogens with one attached hydrogen (secondary N) is 2. The van der Waals surface area contributed by atoms with Crippen molar-refractivity contribution >= 4 is 5.95 Å². The third-order valence-electron chi connectivity index (χ3n) is 1.54. The van der Waals surface area contributed by atoms with Gasteiger partial charge in [0.1, 0.15) is 0 Å². The van der Waals surface area contributed by atoms with Gasteiger partial charge in [0.15, 0.2) is 0 Å². The van der Waals surface area contributed by atoms with Gasteiger partial charge < -0.3 is 5.32 Å². The van der Waals surface area contributed by atoms with E-state index in [9.17, 15) is 9.59 Å². The molecule has 0 atom stereocenters. The fraction of sp³-hybridized carbons (Fsp3) is 0.571. The average Bonchev–Trinajstić information content (AvgIpc) is 2.55. The first kappa shape index (κ1) is 9.50. The summed E-state index contributed by atoms with van der Waals surface area (Å²) in [5.74, 6) is 0.360. The summed E-state index contributed by atoms with van der Waals surface area (Å²) in [6.07, 6.45) is 0. The van der Waals surface area contributed by atoms with E-state index >= 15 is 0 Å². The van der Waals surface area contributed by atoms with E-state index in [0.717, 1.165) is 0 Å². The number of aromatic nitrogens is 3. The second kappa shape index (κ2) is 3.88. The standard InChI is InChI=1S/C5H6N4O2.C2H6/c10-4-7-3-6-1-2-9(3)5(11)8-4;1-2/h1-2H2,(H2,6,7,8,10,11);1-2H3. The Morgan fingerprint density at radius 1 is 1.38 bits per heavy atom. The predicted octanol–water partition coefficient (Wildman–Crippen LogP) is -0.617. The van der Waals surface area contributed by atoms with E-state index in [-0.39, 0.29) is 0 Å². The van der Waals surface area contributed by atoms with Gasteiger partial charge in [-0.05, 0) is 0 Å². The summed E-state index contributed by atoms with van der Waals surface area (Å²) >= 11 is 0. The molecule has 6 nitrogen and oxygen atoms in total. The number of H-pyrrole nitrogens is 1. The molecule has 2 rings (SSSR count). The second-order valence-electron chi connectivity index (χ2n) is 2.25. The van der Waals surface area contributed by atoms with Gasteiger partial charge in [-0.3, -0.25) is 9.55 Å². The lowest BCUT2D eigenvalue weighted by Gasteiger charge is -1.95. The van der Waals surface area contributed by atoms with Gasteiger partial charge in [0.05, 0.1) is 0 Å². The van der Waals surface area contributed by atoms with E-state index in [1.807, 2.05) is 13.8 Å². The van der Waals surface area contributed by atoms with Crippen LogP contribution in [0.2, 0.25) is 0 Å². The van der Waals surface area contributed by atoms with Crippen LogP contribution in [0.3, 0.4) is 0 Å². The van der Waals surface area contributed by atoms with Crippen molar-refractivity contribution in [3.05, 3.63) is 21.0 Å². The van der Waals surface area contributed by atoms with Gasteiger partial charge >= 0.3 is 11.4 Å². The molecule has 2 N–H and O–H groups in total. The number of rotatable bonds is 0. The highest BCUT2D eigenvalue weighted by molar-refractivity contribution is 5.27. The van der Waals surface area contributed by atoms with Crippen LogP contribution >= 0.6 is 0 Å². The topological polar surface area (TPSA) is 79.8 Å². The minimum atomic E-state index is -0.601. The Morgan fingerprint density at radius 2 is 2.08 bits per heavy atom. The van der Waals surface area contributed by atoms with Gasteiger partial charge in [-0.15, -0.1) is 0 Å². The van der Waals surface area contributed by atoms with Gasteiger partial charge in [-0.1, -0.05) is 13.8 Å². The van der Waals surface area contributed by atoms with Crippen molar-refractivity contribution in [1.29, 1.82) is 0 Å². The van der Waals surface area contributed by atoms with Crippen molar-refractivity contribution in [2.24, 2.45) is 0 Å². The van der Waals surface area contributed by atoms with Crippen LogP contribution in [-0.4, -0.2) is 21.1 Å². The molecule has 1 aromatic heterocycles. The van der Waals surface area contributed by atoms with Crippen molar-refractivity contribution < 1.29 is 0 Å². The third kappa shape index (κ3) is 1.77. The van der Waals surface area contributed by atoms with Crippen LogP contribution in [0.5, 0.6) is 0 Å². The smallest absolute Gasteiger partial charge is 0.352 e. The highest BCUT2D eigenvalue weighted by Gasteiger charge is 2.11. The summed E-state index contributed by atoms with van der Waals surface area (Å²) < 4.78 is 1.39. The van der Waals surface area contributed by atoms with E-state index in [1.54, 1.807) is 0 Å². The summed E-state index contributed by atoms with van der Waals surface area (Å²) in [6, 6.07) is 0. The molecule has 0 aliphatic carbocycles. The fourth-order valence-corrected chi connectivity index (χ4v) is 1.06. The van der Waals surface area contributed by atoms with Gasteiger partial charge in [0.2, 0.25) is 5.95 Å². The van der Waals surface area contributed by atoms with Crippen LogP contribution in [0.25, 0.3) is 0 Å². The quantitative estimate of drug-likeness (QED) is 0.563. The Bertz CT molecular complexity index is 392. The summed E-state index contributed by atoms with van der Waals surface area (Å²) in [7, 11) is 0. The average molecular weight is 184 g/mol. The predicted molar refractivity (Wildman–Crippen MR) is 49.0 cm³/mol. The molecule has 0 fully saturated rings. The molecule has 1 aliphatic heterocycles. The van der Waals surface area contributed by atoms with Crippen molar-refractivity contribution in [2.45, 2.75) is 20.4 Å². The molecule has 1 aromatic rings. The number of hydrogen-bond acceptors (Lipinski definition) is 4. The first-order valence-electron chi connectivity index (χ1n) is 4.22. The summed E-state index contributed by atoms with van der Waals surface area (Å²) in [5.41, 5.74) is -0.999. The van der Waals surface area contributed by atoms with Gasteiger partial charge in [0, 0.05) is 13.1 Å². The van der Waals surface area contributed by atoms with Crippen LogP contribution in [0.4, 0.5) is 5.95 Å². The maximum absolute atomic E-state index is 11.0. The van der Waals surface area contributed by atoms with Gasteiger partial charge in [-0.2, -0.15) is 4.98 Å². The van der Waals surface area contributed by atoms with Crippen molar-refractivity contribution in [3.63, 3.8) is 0 Å². The third-order valence-corrected chi connectivity index (χ3v) is 1.54. The second-order valence-corrected chi connectivity index (χ2v) is 2.25. The number of aromatic amines is 1. The van der Waals surface area contributed by atoms with E-state index in [0.29, 0.717) is 19.0 Å². The van der Waals surface area contributed by atoms with Gasteiger partial charge in [0.25, 0.3) is 0 Å². The van der Waals surface area contributed by atoms with Crippen molar-refractivity contribution in [3.8, 4) is 0 Å². The van der Waals surface area contributed by atoms with Crippen LogP contribution in [0.15, 0.2) is 9.59 Å². The molecule has 0 unspecified atom stereocenters. The number of fused-ring (bicyclic) bond motifs is 1. The summed E-state index contributed by atoms with van der Waals surface area (Å²) in [5, 5.41) is 2.81. The lowest BCUT2D eigenvalue weighted by Crippen LogP contribution is -2.30. The molecule has 72 valence electrons. The largest absolute Gasteiger partial charge is 0.354 e. The molecular formula is C7H12N4O2. The molecule has 0 bridgehead atoms. The molecule has 0 amide bonds. The number of anilines is 1. The molecule has 0 radical (unpaired) electrons. The lowest BCUT2D eigenvalue weighted by molar-refractivity contribution is 0.716. The molecule has 1 aliphatic rings. The first-order chi connectivity index (χ1) is 6.27. The maximum Gasteiger partial charge on any atom is 0.352 e. The Labute approximate surface area is 74.6 Å². The Balaban J connectivity index is 0.000000396. The molecule has 0 spiro atoms.